The van der Waals surface area contributed by atoms with Crippen LogP contribution >= 0.6 is 0 Å². The van der Waals surface area contributed by atoms with Gasteiger partial charge in [-0.1, -0.05) is 13.8 Å². The third-order valence-electron chi connectivity index (χ3n) is 3.70. The summed E-state index contributed by atoms with van der Waals surface area (Å²) >= 11 is 0. The molecule has 0 radical (unpaired) electrons. The van der Waals surface area contributed by atoms with Crippen LogP contribution in [0.2, 0.25) is 0 Å². The minimum atomic E-state index is -0.649. The number of imidazole rings is 1. The maximum atomic E-state index is 11.8. The number of aliphatic hydroxyl groups is 1. The van der Waals surface area contributed by atoms with Crippen LogP contribution in [0.3, 0.4) is 0 Å². The van der Waals surface area contributed by atoms with Gasteiger partial charge in [-0.3, -0.25) is 14.3 Å². The Bertz CT molecular complexity index is 740. The third kappa shape index (κ3) is 3.21. The molecular weight excluding hydrogens is 302 g/mol. The van der Waals surface area contributed by atoms with Gasteiger partial charge in [-0.2, -0.15) is 4.98 Å². The highest BCUT2D eigenvalue weighted by Gasteiger charge is 2.36. The van der Waals surface area contributed by atoms with E-state index in [2.05, 4.69) is 28.8 Å². The van der Waals surface area contributed by atoms with Crippen molar-refractivity contribution < 1.29 is 14.6 Å². The Morgan fingerprint density at radius 2 is 2.39 bits per heavy atom. The van der Waals surface area contributed by atoms with Crippen molar-refractivity contribution in [1.29, 1.82) is 0 Å². The molecule has 1 aliphatic rings. The molecule has 0 saturated carbocycles. The first-order valence-corrected chi connectivity index (χ1v) is 7.59. The highest BCUT2D eigenvalue weighted by Crippen LogP contribution is 2.30. The molecule has 2 aromatic rings. The van der Waals surface area contributed by atoms with E-state index in [9.17, 15) is 9.90 Å². The lowest BCUT2D eigenvalue weighted by Gasteiger charge is -2.16. The van der Waals surface area contributed by atoms with Crippen molar-refractivity contribution in [3.63, 3.8) is 0 Å². The number of rotatable bonds is 5. The van der Waals surface area contributed by atoms with Crippen molar-refractivity contribution in [2.24, 2.45) is 5.92 Å². The number of aromatic amines is 1. The molecule has 9 nitrogen and oxygen atoms in total. The average molecular weight is 323 g/mol. The Labute approximate surface area is 132 Å². The topological polar surface area (TPSA) is 128 Å². The number of H-pyrrole nitrogens is 1. The second-order valence-electron chi connectivity index (χ2n) is 6.14. The van der Waals surface area contributed by atoms with Gasteiger partial charge in [0.2, 0.25) is 5.95 Å². The van der Waals surface area contributed by atoms with Crippen LogP contribution in [0.1, 0.15) is 26.5 Å². The smallest absolute Gasteiger partial charge is 0.280 e. The predicted molar refractivity (Wildman–Crippen MR) is 82.8 cm³/mol. The van der Waals surface area contributed by atoms with Crippen molar-refractivity contribution in [1.82, 2.24) is 19.5 Å². The van der Waals surface area contributed by atoms with Crippen LogP contribution in [0.15, 0.2) is 11.1 Å². The van der Waals surface area contributed by atoms with Crippen LogP contribution in [0.5, 0.6) is 0 Å². The summed E-state index contributed by atoms with van der Waals surface area (Å²) in [6.07, 6.45) is 0.312. The maximum absolute atomic E-state index is 11.8. The lowest BCUT2D eigenvalue weighted by molar-refractivity contribution is -0.0646. The molecule has 0 unspecified atom stereocenters. The van der Waals surface area contributed by atoms with Gasteiger partial charge in [0.25, 0.3) is 5.56 Å². The average Bonchev–Trinajstić information content (AvgIpc) is 3.02. The number of nitrogens with zero attached hydrogens (tertiary/aromatic N) is 3. The SMILES string of the molecule is CC(C)COC[C@H]1O[C@@H](n2cnc3c(=O)[nH]c(N)nc32)C[C@@H]1O. The van der Waals surface area contributed by atoms with E-state index in [4.69, 9.17) is 15.2 Å². The Morgan fingerprint density at radius 1 is 1.61 bits per heavy atom. The Balaban J connectivity index is 1.77. The quantitative estimate of drug-likeness (QED) is 0.707. The number of hydrogen-bond donors (Lipinski definition) is 3. The largest absolute Gasteiger partial charge is 0.390 e. The van der Waals surface area contributed by atoms with Gasteiger partial charge >= 0.3 is 0 Å². The van der Waals surface area contributed by atoms with Gasteiger partial charge in [0, 0.05) is 13.0 Å². The van der Waals surface area contributed by atoms with E-state index >= 15 is 0 Å². The fraction of sp³-hybridized carbons (Fsp3) is 0.643. The van der Waals surface area contributed by atoms with Crippen LogP contribution in [-0.2, 0) is 9.47 Å². The number of ether oxygens (including phenoxy) is 2. The van der Waals surface area contributed by atoms with E-state index in [-0.39, 0.29) is 11.5 Å². The standard InChI is InChI=1S/C14H21N5O4/c1-7(2)4-22-5-9-8(20)3-10(23-9)19-6-16-11-12(19)17-14(15)18-13(11)21/h6-10,20H,3-5H2,1-2H3,(H3,15,17,18,21)/t8-,9+,10+/m0/s1. The van der Waals surface area contributed by atoms with E-state index < -0.39 is 24.0 Å². The molecule has 0 aromatic carbocycles. The van der Waals surface area contributed by atoms with E-state index in [1.54, 1.807) is 4.57 Å². The number of aliphatic hydroxyl groups excluding tert-OH is 1. The third-order valence-corrected chi connectivity index (χ3v) is 3.70. The molecule has 0 aliphatic carbocycles. The molecular formula is C14H21N5O4. The molecule has 3 heterocycles. The van der Waals surface area contributed by atoms with Gasteiger partial charge in [-0.05, 0) is 5.92 Å². The minimum absolute atomic E-state index is 0.0135. The first kappa shape index (κ1) is 15.9. The van der Waals surface area contributed by atoms with Crippen molar-refractivity contribution in [2.45, 2.75) is 38.7 Å². The molecule has 0 bridgehead atoms. The number of hydrogen-bond acceptors (Lipinski definition) is 7. The number of fused-ring (bicyclic) bond motifs is 1. The summed E-state index contributed by atoms with van der Waals surface area (Å²) in [5, 5.41) is 10.2. The van der Waals surface area contributed by atoms with Crippen molar-refractivity contribution in [3.05, 3.63) is 16.7 Å². The summed E-state index contributed by atoms with van der Waals surface area (Å²) in [5.74, 6) is 0.431. The monoisotopic (exact) mass is 323 g/mol. The Morgan fingerprint density at radius 3 is 3.13 bits per heavy atom. The lowest BCUT2D eigenvalue weighted by atomic mass is 10.2. The van der Waals surface area contributed by atoms with E-state index in [1.807, 2.05) is 0 Å². The second-order valence-corrected chi connectivity index (χ2v) is 6.14. The summed E-state index contributed by atoms with van der Waals surface area (Å²) < 4.78 is 13.0. The van der Waals surface area contributed by atoms with Crippen LogP contribution in [0.25, 0.3) is 11.2 Å². The zero-order chi connectivity index (χ0) is 16.6. The van der Waals surface area contributed by atoms with Crippen LogP contribution in [0.4, 0.5) is 5.95 Å². The summed E-state index contributed by atoms with van der Waals surface area (Å²) in [6, 6.07) is 0. The number of nitrogen functional groups attached to an aromatic ring is 1. The summed E-state index contributed by atoms with van der Waals surface area (Å²) in [4.78, 5) is 22.4. The van der Waals surface area contributed by atoms with Gasteiger partial charge in [0.15, 0.2) is 11.2 Å². The first-order chi connectivity index (χ1) is 11.0. The highest BCUT2D eigenvalue weighted by molar-refractivity contribution is 5.70. The normalized spacial score (nSPS) is 24.8. The molecule has 3 rings (SSSR count). The van der Waals surface area contributed by atoms with Gasteiger partial charge in [0.1, 0.15) is 12.3 Å². The Hall–Kier alpha value is -1.97. The molecule has 0 amide bonds. The van der Waals surface area contributed by atoms with Crippen molar-refractivity contribution in [2.75, 3.05) is 18.9 Å². The van der Waals surface area contributed by atoms with E-state index in [0.717, 1.165) is 0 Å². The zero-order valence-corrected chi connectivity index (χ0v) is 13.1. The highest BCUT2D eigenvalue weighted by atomic mass is 16.6. The molecule has 9 heteroatoms. The zero-order valence-electron chi connectivity index (χ0n) is 13.1. The molecule has 0 spiro atoms. The number of aromatic nitrogens is 4. The molecule has 1 aliphatic heterocycles. The van der Waals surface area contributed by atoms with Gasteiger partial charge < -0.3 is 20.3 Å². The van der Waals surface area contributed by atoms with Crippen molar-refractivity contribution in [3.8, 4) is 0 Å². The number of nitrogens with two attached hydrogens (primary N) is 1. The van der Waals surface area contributed by atoms with Gasteiger partial charge in [-0.15, -0.1) is 0 Å². The van der Waals surface area contributed by atoms with Crippen LogP contribution < -0.4 is 11.3 Å². The van der Waals surface area contributed by atoms with Crippen LogP contribution in [-0.4, -0.2) is 50.0 Å². The summed E-state index contributed by atoms with van der Waals surface area (Å²) in [5.41, 5.74) is 5.71. The Kier molecular flexibility index (Phi) is 4.33. The fourth-order valence-corrected chi connectivity index (χ4v) is 2.61. The van der Waals surface area contributed by atoms with Crippen molar-refractivity contribution >= 4 is 17.1 Å². The van der Waals surface area contributed by atoms with Crippen LogP contribution in [0, 0.1) is 5.92 Å². The molecule has 3 atom stereocenters. The van der Waals surface area contributed by atoms with Gasteiger partial charge in [0.05, 0.1) is 19.0 Å². The van der Waals surface area contributed by atoms with E-state index in [1.165, 1.54) is 6.33 Å². The summed E-state index contributed by atoms with van der Waals surface area (Å²) in [6.45, 7) is 5.04. The first-order valence-electron chi connectivity index (χ1n) is 7.59. The van der Waals surface area contributed by atoms with E-state index in [0.29, 0.717) is 31.2 Å². The van der Waals surface area contributed by atoms with Gasteiger partial charge in [-0.25, -0.2) is 4.98 Å². The minimum Gasteiger partial charge on any atom is -0.390 e. The molecule has 23 heavy (non-hydrogen) atoms. The molecule has 126 valence electrons. The number of nitrogens with one attached hydrogen (secondary N) is 1. The molecule has 4 N–H and O–H groups in total. The second kappa shape index (κ2) is 6.26. The molecule has 2 aromatic heterocycles. The number of anilines is 1. The lowest BCUT2D eigenvalue weighted by Crippen LogP contribution is -2.27. The maximum Gasteiger partial charge on any atom is 0.280 e. The fourth-order valence-electron chi connectivity index (χ4n) is 2.61. The molecule has 1 saturated heterocycles. The summed E-state index contributed by atoms with van der Waals surface area (Å²) in [7, 11) is 0. The predicted octanol–water partition coefficient (Wildman–Crippen LogP) is 0.0228. The molecule has 1 fully saturated rings.